The molecule has 2 aromatic carbocycles. The number of halogens is 3. The lowest BCUT2D eigenvalue weighted by Gasteiger charge is -2.09. The van der Waals surface area contributed by atoms with E-state index in [-0.39, 0.29) is 5.52 Å². The SMILES string of the molecule is Cc1cccc(-n2c(=S)[nH]c3ccc(F)c(F)c32)c1Br. The monoisotopic (exact) mass is 354 g/mol. The Balaban J connectivity index is 2.48. The van der Waals surface area contributed by atoms with E-state index >= 15 is 0 Å². The standard InChI is InChI=1S/C14H9BrF2N2S/c1-7-3-2-4-10(11(7)15)19-13-9(18-14(19)20)6-5-8(16)12(13)17/h2-6H,1H3,(H,18,20). The van der Waals surface area contributed by atoms with Gasteiger partial charge in [0.1, 0.15) is 5.52 Å². The van der Waals surface area contributed by atoms with Crippen molar-refractivity contribution >= 4 is 39.2 Å². The first kappa shape index (κ1) is 13.5. The molecule has 0 atom stereocenters. The van der Waals surface area contributed by atoms with Gasteiger partial charge in [0, 0.05) is 4.47 Å². The first-order chi connectivity index (χ1) is 9.50. The van der Waals surface area contributed by atoms with Gasteiger partial charge in [-0.2, -0.15) is 0 Å². The summed E-state index contributed by atoms with van der Waals surface area (Å²) in [6.07, 6.45) is 0. The van der Waals surface area contributed by atoms with E-state index in [2.05, 4.69) is 20.9 Å². The van der Waals surface area contributed by atoms with Gasteiger partial charge in [-0.1, -0.05) is 12.1 Å². The molecule has 0 aliphatic carbocycles. The summed E-state index contributed by atoms with van der Waals surface area (Å²) < 4.78 is 30.2. The number of nitrogens with one attached hydrogen (secondary N) is 1. The summed E-state index contributed by atoms with van der Waals surface area (Å²) in [5.74, 6) is -1.81. The highest BCUT2D eigenvalue weighted by Crippen LogP contribution is 2.30. The van der Waals surface area contributed by atoms with Gasteiger partial charge in [0.15, 0.2) is 16.4 Å². The summed E-state index contributed by atoms with van der Waals surface area (Å²) in [6, 6.07) is 8.11. The molecule has 0 radical (unpaired) electrons. The average Bonchev–Trinajstić information content (AvgIpc) is 2.75. The topological polar surface area (TPSA) is 20.7 Å². The fraction of sp³-hybridized carbons (Fsp3) is 0.0714. The van der Waals surface area contributed by atoms with Crippen molar-refractivity contribution in [2.75, 3.05) is 0 Å². The highest BCUT2D eigenvalue weighted by Gasteiger charge is 2.16. The van der Waals surface area contributed by atoms with Gasteiger partial charge < -0.3 is 4.98 Å². The first-order valence-electron chi connectivity index (χ1n) is 5.85. The lowest BCUT2D eigenvalue weighted by atomic mass is 10.2. The van der Waals surface area contributed by atoms with Gasteiger partial charge in [-0.15, -0.1) is 0 Å². The van der Waals surface area contributed by atoms with Crippen molar-refractivity contribution in [3.05, 3.63) is 56.8 Å². The zero-order chi connectivity index (χ0) is 14.4. The molecule has 0 unspecified atom stereocenters. The summed E-state index contributed by atoms with van der Waals surface area (Å²) in [5.41, 5.74) is 2.23. The highest BCUT2D eigenvalue weighted by molar-refractivity contribution is 9.10. The van der Waals surface area contributed by atoms with E-state index in [1.807, 2.05) is 19.1 Å². The van der Waals surface area contributed by atoms with Crippen LogP contribution in [0.1, 0.15) is 5.56 Å². The predicted octanol–water partition coefficient (Wildman–Crippen LogP) is 5.04. The number of aromatic amines is 1. The molecule has 3 aromatic rings. The number of aromatic nitrogens is 2. The van der Waals surface area contributed by atoms with Gasteiger partial charge in [-0.05, 0) is 58.8 Å². The lowest BCUT2D eigenvalue weighted by molar-refractivity contribution is 0.514. The van der Waals surface area contributed by atoms with Crippen molar-refractivity contribution in [2.24, 2.45) is 0 Å². The van der Waals surface area contributed by atoms with Crippen molar-refractivity contribution in [3.8, 4) is 5.69 Å². The zero-order valence-corrected chi connectivity index (χ0v) is 12.8. The Morgan fingerprint density at radius 3 is 2.70 bits per heavy atom. The van der Waals surface area contributed by atoms with E-state index in [9.17, 15) is 8.78 Å². The van der Waals surface area contributed by atoms with E-state index in [1.54, 1.807) is 6.07 Å². The number of H-pyrrole nitrogens is 1. The Bertz CT molecular complexity index is 883. The predicted molar refractivity (Wildman–Crippen MR) is 80.8 cm³/mol. The van der Waals surface area contributed by atoms with Crippen LogP contribution in [0.5, 0.6) is 0 Å². The van der Waals surface area contributed by atoms with Gasteiger partial charge in [-0.3, -0.25) is 4.57 Å². The van der Waals surface area contributed by atoms with Crippen LogP contribution in [0.25, 0.3) is 16.7 Å². The van der Waals surface area contributed by atoms with Crippen LogP contribution >= 0.6 is 28.1 Å². The Hall–Kier alpha value is -1.53. The largest absolute Gasteiger partial charge is 0.330 e. The van der Waals surface area contributed by atoms with Gasteiger partial charge in [-0.25, -0.2) is 8.78 Å². The maximum atomic E-state index is 14.1. The Kier molecular flexibility index (Phi) is 3.22. The van der Waals surface area contributed by atoms with Gasteiger partial charge in [0.25, 0.3) is 0 Å². The molecule has 1 N–H and O–H groups in total. The van der Waals surface area contributed by atoms with Gasteiger partial charge in [0.05, 0.1) is 11.2 Å². The van der Waals surface area contributed by atoms with E-state index < -0.39 is 11.6 Å². The average molecular weight is 355 g/mol. The molecule has 3 rings (SSSR count). The smallest absolute Gasteiger partial charge is 0.184 e. The molecule has 0 aliphatic rings. The van der Waals surface area contributed by atoms with Crippen LogP contribution in [0.15, 0.2) is 34.8 Å². The number of hydrogen-bond acceptors (Lipinski definition) is 1. The molecule has 0 amide bonds. The molecule has 0 saturated carbocycles. The van der Waals surface area contributed by atoms with E-state index in [1.165, 1.54) is 10.6 Å². The summed E-state index contributed by atoms with van der Waals surface area (Å²) in [6.45, 7) is 1.92. The second-order valence-corrected chi connectivity index (χ2v) is 5.61. The van der Waals surface area contributed by atoms with Crippen molar-refractivity contribution in [1.29, 1.82) is 0 Å². The summed E-state index contributed by atoms with van der Waals surface area (Å²) in [4.78, 5) is 2.89. The van der Waals surface area contributed by atoms with E-state index in [0.29, 0.717) is 16.0 Å². The second kappa shape index (κ2) is 4.79. The summed E-state index contributed by atoms with van der Waals surface area (Å²) in [7, 11) is 0. The third kappa shape index (κ3) is 1.91. The third-order valence-electron chi connectivity index (χ3n) is 3.15. The van der Waals surface area contributed by atoms with Gasteiger partial charge in [0.2, 0.25) is 0 Å². The minimum atomic E-state index is -0.914. The molecule has 2 nitrogen and oxygen atoms in total. The molecule has 0 bridgehead atoms. The molecule has 0 saturated heterocycles. The number of aryl methyl sites for hydroxylation is 1. The normalized spacial score (nSPS) is 11.2. The number of nitrogens with zero attached hydrogens (tertiary/aromatic N) is 1. The molecule has 0 fully saturated rings. The van der Waals surface area contributed by atoms with Crippen LogP contribution in [-0.4, -0.2) is 9.55 Å². The fourth-order valence-corrected chi connectivity index (χ4v) is 2.91. The van der Waals surface area contributed by atoms with Crippen LogP contribution in [0.4, 0.5) is 8.78 Å². The van der Waals surface area contributed by atoms with Crippen LogP contribution in [0.2, 0.25) is 0 Å². The third-order valence-corrected chi connectivity index (χ3v) is 4.47. The summed E-state index contributed by atoms with van der Waals surface area (Å²) in [5, 5.41) is 0. The van der Waals surface area contributed by atoms with Gasteiger partial charge >= 0.3 is 0 Å². The molecule has 0 aliphatic heterocycles. The minimum Gasteiger partial charge on any atom is -0.330 e. The number of fused-ring (bicyclic) bond motifs is 1. The molecule has 6 heteroatoms. The lowest BCUT2D eigenvalue weighted by Crippen LogP contribution is -1.99. The van der Waals surface area contributed by atoms with Crippen molar-refractivity contribution < 1.29 is 8.78 Å². The van der Waals surface area contributed by atoms with Crippen LogP contribution in [-0.2, 0) is 0 Å². The first-order valence-corrected chi connectivity index (χ1v) is 7.05. The van der Waals surface area contributed by atoms with Crippen LogP contribution in [0, 0.1) is 23.3 Å². The molecular weight excluding hydrogens is 346 g/mol. The number of hydrogen-bond donors (Lipinski definition) is 1. The maximum Gasteiger partial charge on any atom is 0.184 e. The van der Waals surface area contributed by atoms with Crippen LogP contribution in [0.3, 0.4) is 0 Å². The zero-order valence-electron chi connectivity index (χ0n) is 10.4. The molecule has 20 heavy (non-hydrogen) atoms. The molecular formula is C14H9BrF2N2S. The Morgan fingerprint density at radius 1 is 1.20 bits per heavy atom. The van der Waals surface area contributed by atoms with Crippen molar-refractivity contribution in [3.63, 3.8) is 0 Å². The molecule has 1 aromatic heterocycles. The molecule has 102 valence electrons. The maximum absolute atomic E-state index is 14.1. The van der Waals surface area contributed by atoms with Crippen molar-refractivity contribution in [1.82, 2.24) is 9.55 Å². The number of benzene rings is 2. The quantitative estimate of drug-likeness (QED) is 0.607. The molecule has 1 heterocycles. The molecule has 0 spiro atoms. The minimum absolute atomic E-state index is 0.112. The second-order valence-electron chi connectivity index (χ2n) is 4.43. The van der Waals surface area contributed by atoms with Crippen LogP contribution < -0.4 is 0 Å². The highest BCUT2D eigenvalue weighted by atomic mass is 79.9. The Labute approximate surface area is 127 Å². The summed E-state index contributed by atoms with van der Waals surface area (Å²) >= 11 is 8.71. The number of rotatable bonds is 1. The fourth-order valence-electron chi connectivity index (χ4n) is 2.17. The Morgan fingerprint density at radius 2 is 1.95 bits per heavy atom. The number of imidazole rings is 1. The van der Waals surface area contributed by atoms with E-state index in [4.69, 9.17) is 12.2 Å². The van der Waals surface area contributed by atoms with Crippen molar-refractivity contribution in [2.45, 2.75) is 6.92 Å². The van der Waals surface area contributed by atoms with E-state index in [0.717, 1.165) is 16.1 Å².